The fraction of sp³-hybridized carbons (Fsp3) is 0.440. The second-order valence-corrected chi connectivity index (χ2v) is 8.65. The summed E-state index contributed by atoms with van der Waals surface area (Å²) in [6.07, 6.45) is 7.66. The molecule has 0 saturated heterocycles. The van der Waals surface area contributed by atoms with Crippen LogP contribution >= 0.6 is 12.4 Å². The van der Waals surface area contributed by atoms with E-state index in [4.69, 9.17) is 9.47 Å². The molecule has 6 heteroatoms. The summed E-state index contributed by atoms with van der Waals surface area (Å²) in [5, 5.41) is 1.00. The van der Waals surface area contributed by atoms with Crippen LogP contribution in [0, 0.1) is 11.7 Å². The molecule has 2 aliphatic rings. The van der Waals surface area contributed by atoms with Gasteiger partial charge in [0.1, 0.15) is 23.9 Å². The zero-order chi connectivity index (χ0) is 20.5. The number of aromatic amines is 1. The number of hydrogen-bond donors (Lipinski definition) is 1. The van der Waals surface area contributed by atoms with Gasteiger partial charge in [0.2, 0.25) is 0 Å². The largest absolute Gasteiger partial charge is 0.496 e. The predicted molar refractivity (Wildman–Crippen MR) is 124 cm³/mol. The van der Waals surface area contributed by atoms with Gasteiger partial charge in [-0.15, -0.1) is 12.4 Å². The summed E-state index contributed by atoms with van der Waals surface area (Å²) >= 11 is 0. The number of rotatable bonds is 8. The van der Waals surface area contributed by atoms with Crippen LogP contribution in [0.2, 0.25) is 0 Å². The van der Waals surface area contributed by atoms with Gasteiger partial charge in [-0.25, -0.2) is 4.39 Å². The van der Waals surface area contributed by atoms with E-state index in [2.05, 4.69) is 9.88 Å². The Balaban J connectivity index is 0.00000231. The lowest BCUT2D eigenvalue weighted by Gasteiger charge is -2.35. The smallest absolute Gasteiger partial charge is 0.126 e. The maximum atomic E-state index is 13.7. The number of methoxy groups -OCH3 is 1. The van der Waals surface area contributed by atoms with E-state index in [9.17, 15) is 4.39 Å². The van der Waals surface area contributed by atoms with Crippen LogP contribution in [-0.2, 0) is 12.8 Å². The molecule has 1 atom stereocenters. The Hall–Kier alpha value is -2.24. The topological polar surface area (TPSA) is 37.5 Å². The number of halogens is 2. The van der Waals surface area contributed by atoms with E-state index in [1.54, 1.807) is 13.2 Å². The molecule has 1 aliphatic carbocycles. The number of ether oxygens (including phenoxy) is 2. The molecule has 1 aromatic heterocycles. The molecule has 3 aromatic rings. The van der Waals surface area contributed by atoms with Gasteiger partial charge in [0.15, 0.2) is 0 Å². The monoisotopic (exact) mass is 444 g/mol. The van der Waals surface area contributed by atoms with E-state index in [-0.39, 0.29) is 18.2 Å². The molecule has 4 nitrogen and oxygen atoms in total. The molecule has 0 radical (unpaired) electrons. The average Bonchev–Trinajstić information content (AvgIpc) is 3.51. The van der Waals surface area contributed by atoms with Crippen molar-refractivity contribution in [2.75, 3.05) is 26.8 Å². The van der Waals surface area contributed by atoms with E-state index in [1.165, 1.54) is 30.0 Å². The van der Waals surface area contributed by atoms with Crippen LogP contribution < -0.4 is 9.47 Å². The molecular weight excluding hydrogens is 415 g/mol. The first kappa shape index (κ1) is 22.0. The molecule has 5 rings (SSSR count). The fourth-order valence-electron chi connectivity index (χ4n) is 4.67. The van der Waals surface area contributed by atoms with E-state index < -0.39 is 0 Å². The summed E-state index contributed by atoms with van der Waals surface area (Å²) in [5.74, 6) is 2.53. The first-order valence-electron chi connectivity index (χ1n) is 11.0. The normalized spacial score (nSPS) is 17.8. The Labute approximate surface area is 189 Å². The van der Waals surface area contributed by atoms with Crippen LogP contribution in [-0.4, -0.2) is 42.7 Å². The minimum atomic E-state index is -0.175. The number of benzene rings is 2. The molecule has 2 heterocycles. The van der Waals surface area contributed by atoms with E-state index >= 15 is 0 Å². The molecule has 0 bridgehead atoms. The summed E-state index contributed by atoms with van der Waals surface area (Å²) in [6.45, 7) is 2.89. The van der Waals surface area contributed by atoms with Crippen LogP contribution in [0.25, 0.3) is 10.9 Å². The highest BCUT2D eigenvalue weighted by Crippen LogP contribution is 2.36. The number of fused-ring (bicyclic) bond motifs is 2. The fourth-order valence-corrected chi connectivity index (χ4v) is 4.67. The number of hydrogen-bond acceptors (Lipinski definition) is 3. The van der Waals surface area contributed by atoms with Crippen LogP contribution in [0.15, 0.2) is 42.6 Å². The molecule has 1 N–H and O–H groups in total. The number of aromatic nitrogens is 1. The standard InChI is InChI=1S/C25H29FN2O2.ClH/c1-29-24-5-2-6-25-22(24)13-20(16-30-25)28(15-17-7-8-17)11-3-4-18-14-27-23-10-9-19(26)12-21(18)23;/h2,5-6,9-10,12,14,17,20,27H,3-4,7-8,11,13,15-16H2,1H3;1H. The van der Waals surface area contributed by atoms with E-state index in [0.29, 0.717) is 6.04 Å². The van der Waals surface area contributed by atoms with Crippen molar-refractivity contribution in [3.63, 3.8) is 0 Å². The summed E-state index contributed by atoms with van der Waals surface area (Å²) in [4.78, 5) is 5.88. The Morgan fingerprint density at radius 1 is 1.23 bits per heavy atom. The SMILES string of the molecule is COc1cccc2c1CC(N(CCCc1c[nH]c3ccc(F)cc13)CC1CC1)CO2.Cl. The van der Waals surface area contributed by atoms with E-state index in [1.807, 2.05) is 30.5 Å². The number of nitrogens with one attached hydrogen (secondary N) is 1. The maximum Gasteiger partial charge on any atom is 0.126 e. The molecular formula is C25H30ClFN2O2. The Kier molecular flexibility index (Phi) is 6.73. The van der Waals surface area contributed by atoms with Gasteiger partial charge in [-0.2, -0.15) is 0 Å². The van der Waals surface area contributed by atoms with Crippen LogP contribution in [0.5, 0.6) is 11.5 Å². The lowest BCUT2D eigenvalue weighted by atomic mass is 9.99. The van der Waals surface area contributed by atoms with Crippen molar-refractivity contribution in [3.05, 3.63) is 59.5 Å². The van der Waals surface area contributed by atoms with Crippen molar-refractivity contribution in [1.82, 2.24) is 9.88 Å². The highest BCUT2D eigenvalue weighted by molar-refractivity contribution is 5.85. The molecule has 0 amide bonds. The van der Waals surface area contributed by atoms with Crippen molar-refractivity contribution in [2.45, 2.75) is 38.1 Å². The molecule has 1 aliphatic heterocycles. The lowest BCUT2D eigenvalue weighted by Crippen LogP contribution is -2.44. The van der Waals surface area contributed by atoms with Gasteiger partial charge >= 0.3 is 0 Å². The van der Waals surface area contributed by atoms with E-state index in [0.717, 1.165) is 67.3 Å². The van der Waals surface area contributed by atoms with Gasteiger partial charge < -0.3 is 14.5 Å². The molecule has 1 fully saturated rings. The van der Waals surface area contributed by atoms with Crippen LogP contribution in [0.4, 0.5) is 4.39 Å². The highest BCUT2D eigenvalue weighted by atomic mass is 35.5. The summed E-state index contributed by atoms with van der Waals surface area (Å²) in [5.41, 5.74) is 3.39. The third-order valence-corrected chi connectivity index (χ3v) is 6.51. The second-order valence-electron chi connectivity index (χ2n) is 8.65. The number of nitrogens with zero attached hydrogens (tertiary/aromatic N) is 1. The van der Waals surface area contributed by atoms with Crippen molar-refractivity contribution < 1.29 is 13.9 Å². The van der Waals surface area contributed by atoms with Crippen molar-refractivity contribution >= 4 is 23.3 Å². The molecule has 2 aromatic carbocycles. The number of H-pyrrole nitrogens is 1. The first-order chi connectivity index (χ1) is 14.7. The predicted octanol–water partition coefficient (Wildman–Crippen LogP) is 5.39. The summed E-state index contributed by atoms with van der Waals surface area (Å²) in [6, 6.07) is 11.4. The quantitative estimate of drug-likeness (QED) is 0.506. The average molecular weight is 445 g/mol. The maximum absolute atomic E-state index is 13.7. The summed E-state index contributed by atoms with van der Waals surface area (Å²) in [7, 11) is 1.73. The van der Waals surface area contributed by atoms with Crippen molar-refractivity contribution in [3.8, 4) is 11.5 Å². The van der Waals surface area contributed by atoms with Gasteiger partial charge in [-0.05, 0) is 80.5 Å². The summed E-state index contributed by atoms with van der Waals surface area (Å²) < 4.78 is 25.4. The minimum Gasteiger partial charge on any atom is -0.496 e. The van der Waals surface area contributed by atoms with Gasteiger partial charge in [0.05, 0.1) is 7.11 Å². The lowest BCUT2D eigenvalue weighted by molar-refractivity contribution is 0.112. The van der Waals surface area contributed by atoms with Crippen LogP contribution in [0.3, 0.4) is 0 Å². The third-order valence-electron chi connectivity index (χ3n) is 6.51. The van der Waals surface area contributed by atoms with Gasteiger partial charge in [-0.3, -0.25) is 4.90 Å². The Morgan fingerprint density at radius 2 is 2.10 bits per heavy atom. The zero-order valence-corrected chi connectivity index (χ0v) is 18.7. The van der Waals surface area contributed by atoms with Crippen molar-refractivity contribution in [2.24, 2.45) is 5.92 Å². The first-order valence-corrected chi connectivity index (χ1v) is 11.0. The molecule has 1 unspecified atom stereocenters. The minimum absolute atomic E-state index is 0. The van der Waals surface area contributed by atoms with Gasteiger partial charge in [0, 0.05) is 35.2 Å². The van der Waals surface area contributed by atoms with Gasteiger partial charge in [0.25, 0.3) is 0 Å². The molecule has 166 valence electrons. The molecule has 31 heavy (non-hydrogen) atoms. The third kappa shape index (κ3) is 4.83. The van der Waals surface area contributed by atoms with Crippen molar-refractivity contribution in [1.29, 1.82) is 0 Å². The number of aryl methyl sites for hydroxylation is 1. The zero-order valence-electron chi connectivity index (χ0n) is 17.9. The van der Waals surface area contributed by atoms with Crippen LogP contribution in [0.1, 0.15) is 30.4 Å². The Morgan fingerprint density at radius 3 is 2.90 bits per heavy atom. The second kappa shape index (κ2) is 9.49. The highest BCUT2D eigenvalue weighted by Gasteiger charge is 2.31. The molecule has 1 saturated carbocycles. The molecule has 0 spiro atoms. The van der Waals surface area contributed by atoms with Gasteiger partial charge in [-0.1, -0.05) is 6.07 Å². The Bertz CT molecular complexity index is 1020.